The highest BCUT2D eigenvalue weighted by atomic mass is 32.2. The van der Waals surface area contributed by atoms with Crippen LogP contribution in [-0.4, -0.2) is 37.3 Å². The van der Waals surface area contributed by atoms with E-state index in [1.807, 2.05) is 6.92 Å². The Morgan fingerprint density at radius 1 is 1.32 bits per heavy atom. The van der Waals surface area contributed by atoms with E-state index in [9.17, 15) is 13.2 Å². The summed E-state index contributed by atoms with van der Waals surface area (Å²) >= 11 is 1.28. The van der Waals surface area contributed by atoms with E-state index in [2.05, 4.69) is 9.69 Å². The van der Waals surface area contributed by atoms with Gasteiger partial charge in [-0.2, -0.15) is 4.37 Å². The molecule has 0 saturated heterocycles. The molecule has 2 rings (SSSR count). The van der Waals surface area contributed by atoms with Gasteiger partial charge in [0.1, 0.15) is 18.1 Å². The van der Waals surface area contributed by atoms with Crippen LogP contribution in [-0.2, 0) is 9.84 Å². The highest BCUT2D eigenvalue weighted by molar-refractivity contribution is 7.90. The first-order chi connectivity index (χ1) is 10.3. The summed E-state index contributed by atoms with van der Waals surface area (Å²) in [5, 5.41) is 2.73. The minimum absolute atomic E-state index is 0.0331. The number of carbonyl (C=O) groups excluding carboxylic acids is 1. The number of amides is 1. The number of benzene rings is 1. The Kier molecular flexibility index (Phi) is 5.15. The standard InChI is InChI=1S/C14H16N2O4S2/c1-10-9-13(16-21-10)14(17)15-11-3-5-12(6-4-11)20-7-8-22(2,18)19/h3-6,9H,7-8H2,1-2H3,(H,15,17). The first kappa shape index (κ1) is 16.4. The van der Waals surface area contributed by atoms with Crippen LogP contribution in [0.15, 0.2) is 30.3 Å². The molecule has 22 heavy (non-hydrogen) atoms. The van der Waals surface area contributed by atoms with Crippen LogP contribution in [0.1, 0.15) is 15.4 Å². The second-order valence-corrected chi connectivity index (χ2v) is 8.05. The van der Waals surface area contributed by atoms with Crippen LogP contribution >= 0.6 is 11.5 Å². The lowest BCUT2D eigenvalue weighted by Crippen LogP contribution is -2.13. The lowest BCUT2D eigenvalue weighted by Gasteiger charge is -2.07. The predicted molar refractivity (Wildman–Crippen MR) is 86.5 cm³/mol. The number of nitrogens with one attached hydrogen (secondary N) is 1. The van der Waals surface area contributed by atoms with Crippen LogP contribution in [0.25, 0.3) is 0 Å². The van der Waals surface area contributed by atoms with Gasteiger partial charge in [0.05, 0.1) is 5.75 Å². The van der Waals surface area contributed by atoms with Crippen molar-refractivity contribution in [2.75, 3.05) is 23.9 Å². The molecule has 8 heteroatoms. The Morgan fingerprint density at radius 2 is 2.00 bits per heavy atom. The number of ether oxygens (including phenoxy) is 1. The highest BCUT2D eigenvalue weighted by Gasteiger charge is 2.09. The van der Waals surface area contributed by atoms with Gasteiger partial charge in [0, 0.05) is 16.8 Å². The molecule has 0 saturated carbocycles. The molecule has 0 bridgehead atoms. The van der Waals surface area contributed by atoms with Gasteiger partial charge >= 0.3 is 0 Å². The molecule has 0 aliphatic heterocycles. The highest BCUT2D eigenvalue weighted by Crippen LogP contribution is 2.17. The van der Waals surface area contributed by atoms with Crippen molar-refractivity contribution in [3.63, 3.8) is 0 Å². The largest absolute Gasteiger partial charge is 0.493 e. The zero-order valence-electron chi connectivity index (χ0n) is 12.2. The van der Waals surface area contributed by atoms with Gasteiger partial charge < -0.3 is 10.1 Å². The van der Waals surface area contributed by atoms with Crippen LogP contribution in [0.5, 0.6) is 5.75 Å². The van der Waals surface area contributed by atoms with E-state index in [-0.39, 0.29) is 18.3 Å². The van der Waals surface area contributed by atoms with E-state index >= 15 is 0 Å². The minimum atomic E-state index is -3.03. The maximum Gasteiger partial charge on any atom is 0.275 e. The number of carbonyl (C=O) groups is 1. The van der Waals surface area contributed by atoms with Crippen molar-refractivity contribution in [1.29, 1.82) is 0 Å². The summed E-state index contributed by atoms with van der Waals surface area (Å²) in [5.74, 6) is 0.246. The number of hydrogen-bond acceptors (Lipinski definition) is 6. The topological polar surface area (TPSA) is 85.4 Å². The zero-order chi connectivity index (χ0) is 16.2. The van der Waals surface area contributed by atoms with Crippen LogP contribution in [0.2, 0.25) is 0 Å². The molecule has 2 aromatic rings. The van der Waals surface area contributed by atoms with Gasteiger partial charge in [0.2, 0.25) is 0 Å². The molecule has 0 radical (unpaired) electrons. The van der Waals surface area contributed by atoms with Crippen molar-refractivity contribution in [3.05, 3.63) is 40.9 Å². The SMILES string of the molecule is Cc1cc(C(=O)Nc2ccc(OCCS(C)(=O)=O)cc2)ns1. The second-order valence-electron chi connectivity index (χ2n) is 4.78. The smallest absolute Gasteiger partial charge is 0.275 e. The maximum absolute atomic E-state index is 11.9. The fourth-order valence-electron chi connectivity index (χ4n) is 1.61. The lowest BCUT2D eigenvalue weighted by atomic mass is 10.3. The Balaban J connectivity index is 1.90. The molecular formula is C14H16N2O4S2. The van der Waals surface area contributed by atoms with Gasteiger partial charge in [0.25, 0.3) is 5.91 Å². The third kappa shape index (κ3) is 5.12. The first-order valence-corrected chi connectivity index (χ1v) is 9.32. The van der Waals surface area contributed by atoms with Crippen LogP contribution < -0.4 is 10.1 Å². The van der Waals surface area contributed by atoms with Crippen molar-refractivity contribution in [1.82, 2.24) is 4.37 Å². The molecule has 0 aliphatic carbocycles. The van der Waals surface area contributed by atoms with Gasteiger partial charge in [-0.25, -0.2) is 8.42 Å². The molecule has 1 heterocycles. The fourth-order valence-corrected chi connectivity index (χ4v) is 2.54. The van der Waals surface area contributed by atoms with Gasteiger partial charge in [-0.15, -0.1) is 0 Å². The Hall–Kier alpha value is -1.93. The van der Waals surface area contributed by atoms with Crippen molar-refractivity contribution < 1.29 is 17.9 Å². The molecular weight excluding hydrogens is 324 g/mol. The van der Waals surface area contributed by atoms with Gasteiger partial charge in [-0.3, -0.25) is 4.79 Å². The van der Waals surface area contributed by atoms with Crippen molar-refractivity contribution in [2.45, 2.75) is 6.92 Å². The summed E-state index contributed by atoms with van der Waals surface area (Å²) in [6.45, 7) is 1.99. The Morgan fingerprint density at radius 3 is 2.55 bits per heavy atom. The molecule has 1 amide bonds. The Labute approximate surface area is 133 Å². The van der Waals surface area contributed by atoms with E-state index in [1.165, 1.54) is 11.5 Å². The van der Waals surface area contributed by atoms with E-state index in [0.29, 0.717) is 17.1 Å². The minimum Gasteiger partial charge on any atom is -0.493 e. The van der Waals surface area contributed by atoms with Crippen LogP contribution in [0, 0.1) is 6.92 Å². The molecule has 6 nitrogen and oxygen atoms in total. The Bertz CT molecular complexity index is 751. The van der Waals surface area contributed by atoms with Crippen LogP contribution in [0.3, 0.4) is 0 Å². The quantitative estimate of drug-likeness (QED) is 0.870. The van der Waals surface area contributed by atoms with E-state index < -0.39 is 9.84 Å². The summed E-state index contributed by atoms with van der Waals surface area (Å²) in [6, 6.07) is 8.44. The van der Waals surface area contributed by atoms with E-state index in [4.69, 9.17) is 4.74 Å². The molecule has 0 fully saturated rings. The maximum atomic E-state index is 11.9. The molecule has 0 atom stereocenters. The summed E-state index contributed by atoms with van der Waals surface area (Å²) < 4.78 is 31.4. The molecule has 1 aromatic carbocycles. The predicted octanol–water partition coefficient (Wildman–Crippen LogP) is 2.13. The summed E-state index contributed by atoms with van der Waals surface area (Å²) in [6.07, 6.45) is 1.16. The van der Waals surface area contributed by atoms with Crippen molar-refractivity contribution in [3.8, 4) is 5.75 Å². The molecule has 0 unspecified atom stereocenters. The number of hydrogen-bond donors (Lipinski definition) is 1. The number of sulfone groups is 1. The van der Waals surface area contributed by atoms with E-state index in [0.717, 1.165) is 11.1 Å². The lowest BCUT2D eigenvalue weighted by molar-refractivity contribution is 0.102. The van der Waals surface area contributed by atoms with Gasteiger partial charge in [0.15, 0.2) is 9.84 Å². The normalized spacial score (nSPS) is 11.2. The fraction of sp³-hybridized carbons (Fsp3) is 0.286. The molecule has 0 spiro atoms. The number of anilines is 1. The average molecular weight is 340 g/mol. The molecule has 1 N–H and O–H groups in total. The molecule has 1 aromatic heterocycles. The third-order valence-electron chi connectivity index (χ3n) is 2.70. The number of aromatic nitrogens is 1. The molecule has 118 valence electrons. The number of rotatable bonds is 6. The monoisotopic (exact) mass is 340 g/mol. The van der Waals surface area contributed by atoms with Crippen LogP contribution in [0.4, 0.5) is 5.69 Å². The second kappa shape index (κ2) is 6.89. The molecule has 0 aliphatic rings. The van der Waals surface area contributed by atoms with Gasteiger partial charge in [-0.1, -0.05) is 0 Å². The zero-order valence-corrected chi connectivity index (χ0v) is 13.8. The summed E-state index contributed by atoms with van der Waals surface area (Å²) in [4.78, 5) is 12.9. The third-order valence-corrected chi connectivity index (χ3v) is 4.30. The van der Waals surface area contributed by atoms with Crippen molar-refractivity contribution >= 4 is 33.0 Å². The van der Waals surface area contributed by atoms with E-state index in [1.54, 1.807) is 30.3 Å². The van der Waals surface area contributed by atoms with Crippen molar-refractivity contribution in [2.24, 2.45) is 0 Å². The number of aryl methyl sites for hydroxylation is 1. The number of nitrogens with zero attached hydrogens (tertiary/aromatic N) is 1. The summed E-state index contributed by atoms with van der Waals surface area (Å²) in [5.41, 5.74) is 1.00. The first-order valence-electron chi connectivity index (χ1n) is 6.49. The summed E-state index contributed by atoms with van der Waals surface area (Å²) in [7, 11) is -3.03. The average Bonchev–Trinajstić information content (AvgIpc) is 2.86. The van der Waals surface area contributed by atoms with Gasteiger partial charge in [-0.05, 0) is 48.8 Å².